The highest BCUT2D eigenvalue weighted by molar-refractivity contribution is 7.62. The maximum atomic E-state index is 14.4. The Labute approximate surface area is 210 Å². The summed E-state index contributed by atoms with van der Waals surface area (Å²) in [6.45, 7) is 9.63. The number of allylic oxidation sites excluding steroid dienone is 1. The van der Waals surface area contributed by atoms with Gasteiger partial charge in [-0.05, 0) is 60.1 Å². The summed E-state index contributed by atoms with van der Waals surface area (Å²) in [7, 11) is -3.63. The summed E-state index contributed by atoms with van der Waals surface area (Å²) in [5, 5.41) is 3.64. The number of fused-ring (bicyclic) bond motifs is 3. The normalized spacial score (nSPS) is 14.8. The molecule has 0 aromatic heterocycles. The molecule has 1 N–H and O–H groups in total. The third-order valence-electron chi connectivity index (χ3n) is 6.19. The number of carbonyl (C=O) groups is 1. The van der Waals surface area contributed by atoms with Crippen molar-refractivity contribution in [2.45, 2.75) is 72.1 Å². The monoisotopic (exact) mass is 497 g/mol. The summed E-state index contributed by atoms with van der Waals surface area (Å²) < 4.78 is 26.6. The Morgan fingerprint density at radius 1 is 0.971 bits per heavy atom. The molecular weight excluding hydrogens is 457 g/mol. The van der Waals surface area contributed by atoms with Crippen molar-refractivity contribution in [2.24, 2.45) is 0 Å². The highest BCUT2D eigenvalue weighted by Crippen LogP contribution is 2.54. The number of unbranched alkanes of at least 4 members (excludes halogenated alkanes) is 2. The number of hydrogen-bond donors (Lipinski definition) is 1. The van der Waals surface area contributed by atoms with Crippen LogP contribution in [0.5, 0.6) is 0 Å². The Balaban J connectivity index is 2.23. The van der Waals surface area contributed by atoms with Crippen LogP contribution in [0.3, 0.4) is 0 Å². The lowest BCUT2D eigenvalue weighted by molar-refractivity contribution is -0.121. The van der Waals surface area contributed by atoms with Gasteiger partial charge in [0.05, 0.1) is 24.4 Å². The van der Waals surface area contributed by atoms with E-state index in [0.29, 0.717) is 25.1 Å². The molecular formula is C29H40NO4P. The standard InChI is InChI=1S/C29H40NO4P/c1-5-9-14-22-20-25-27(23-15-12-13-16-24(23)28(25)29(31)30-17-8-4)26(21-22)35(32,33-18-10-6-2)34-19-11-7-3/h9,12-16,20-21,28H,5-8,10-11,17-19H2,1-4H3,(H,30,31)/b14-9+. The minimum absolute atomic E-state index is 0.0331. The number of rotatable bonds is 14. The van der Waals surface area contributed by atoms with Gasteiger partial charge in [0, 0.05) is 12.1 Å². The lowest BCUT2D eigenvalue weighted by atomic mass is 9.94. The minimum Gasteiger partial charge on any atom is -0.355 e. The fourth-order valence-corrected chi connectivity index (χ4v) is 6.29. The van der Waals surface area contributed by atoms with Crippen LogP contribution in [0.15, 0.2) is 42.5 Å². The topological polar surface area (TPSA) is 64.6 Å². The zero-order chi connectivity index (χ0) is 25.3. The lowest BCUT2D eigenvalue weighted by Crippen LogP contribution is -2.30. The second-order valence-corrected chi connectivity index (χ2v) is 11.0. The van der Waals surface area contributed by atoms with Crippen LogP contribution in [0.25, 0.3) is 17.2 Å². The van der Waals surface area contributed by atoms with E-state index in [1.54, 1.807) is 0 Å². The second-order valence-electron chi connectivity index (χ2n) is 9.00. The fourth-order valence-electron chi connectivity index (χ4n) is 4.37. The zero-order valence-electron chi connectivity index (χ0n) is 21.6. The molecule has 0 aliphatic heterocycles. The largest absolute Gasteiger partial charge is 0.361 e. The van der Waals surface area contributed by atoms with Gasteiger partial charge in [-0.15, -0.1) is 0 Å². The molecule has 1 unspecified atom stereocenters. The molecule has 35 heavy (non-hydrogen) atoms. The molecule has 2 aromatic rings. The first-order valence-corrected chi connectivity index (χ1v) is 14.7. The van der Waals surface area contributed by atoms with Crippen molar-refractivity contribution in [3.05, 3.63) is 59.2 Å². The quantitative estimate of drug-likeness (QED) is 0.221. The maximum absolute atomic E-state index is 14.4. The maximum Gasteiger partial charge on any atom is 0.361 e. The molecule has 1 atom stereocenters. The number of benzene rings is 2. The molecule has 0 saturated carbocycles. The fraction of sp³-hybridized carbons (Fsp3) is 0.483. The van der Waals surface area contributed by atoms with Crippen LogP contribution in [-0.2, 0) is 18.4 Å². The Bertz CT molecular complexity index is 1060. The van der Waals surface area contributed by atoms with E-state index in [1.807, 2.05) is 43.3 Å². The number of amides is 1. The van der Waals surface area contributed by atoms with Gasteiger partial charge < -0.3 is 14.4 Å². The minimum atomic E-state index is -3.63. The average molecular weight is 498 g/mol. The Kier molecular flexibility index (Phi) is 10.3. The summed E-state index contributed by atoms with van der Waals surface area (Å²) in [6, 6.07) is 11.9. The predicted octanol–water partition coefficient (Wildman–Crippen LogP) is 7.20. The van der Waals surface area contributed by atoms with Crippen LogP contribution in [0.1, 0.15) is 88.8 Å². The van der Waals surface area contributed by atoms with Crippen LogP contribution >= 0.6 is 7.60 Å². The molecule has 0 heterocycles. The van der Waals surface area contributed by atoms with Gasteiger partial charge >= 0.3 is 7.60 Å². The molecule has 1 aliphatic carbocycles. The van der Waals surface area contributed by atoms with Crippen LogP contribution in [0, 0.1) is 0 Å². The van der Waals surface area contributed by atoms with Crippen LogP contribution in [-0.4, -0.2) is 25.7 Å². The molecule has 0 spiro atoms. The van der Waals surface area contributed by atoms with Crippen LogP contribution in [0.4, 0.5) is 0 Å². The first-order valence-electron chi connectivity index (χ1n) is 13.1. The van der Waals surface area contributed by atoms with Crippen molar-refractivity contribution >= 4 is 24.9 Å². The Morgan fingerprint density at radius 2 is 1.66 bits per heavy atom. The molecule has 0 saturated heterocycles. The summed E-state index contributed by atoms with van der Waals surface area (Å²) in [5.74, 6) is -0.490. The van der Waals surface area contributed by atoms with E-state index in [-0.39, 0.29) is 5.91 Å². The van der Waals surface area contributed by atoms with Crippen LogP contribution in [0.2, 0.25) is 0 Å². The van der Waals surface area contributed by atoms with E-state index in [2.05, 4.69) is 38.2 Å². The predicted molar refractivity (Wildman–Crippen MR) is 145 cm³/mol. The van der Waals surface area contributed by atoms with Gasteiger partial charge in [0.25, 0.3) is 0 Å². The molecule has 1 aliphatic rings. The summed E-state index contributed by atoms with van der Waals surface area (Å²) in [4.78, 5) is 13.4. The zero-order valence-corrected chi connectivity index (χ0v) is 22.5. The number of carbonyl (C=O) groups excluding carboxylic acids is 1. The van der Waals surface area contributed by atoms with Gasteiger partial charge in [-0.25, -0.2) is 0 Å². The summed E-state index contributed by atoms with van der Waals surface area (Å²) in [6.07, 6.45) is 9.32. The molecule has 0 fully saturated rings. The highest BCUT2D eigenvalue weighted by atomic mass is 31.2. The SMILES string of the molecule is CC/C=C/c1cc2c(c(P(=O)(OCCCC)OCCCC)c1)-c1ccccc1C2C(=O)NCCC. The molecule has 0 radical (unpaired) electrons. The van der Waals surface area contributed by atoms with E-state index in [9.17, 15) is 9.36 Å². The van der Waals surface area contributed by atoms with Crippen molar-refractivity contribution < 1.29 is 18.4 Å². The van der Waals surface area contributed by atoms with E-state index >= 15 is 0 Å². The van der Waals surface area contributed by atoms with E-state index < -0.39 is 13.5 Å². The molecule has 3 rings (SSSR count). The smallest absolute Gasteiger partial charge is 0.355 e. The Hall–Kier alpha value is -2.20. The molecule has 190 valence electrons. The van der Waals surface area contributed by atoms with Gasteiger partial charge in [0.1, 0.15) is 0 Å². The first kappa shape index (κ1) is 27.4. The lowest BCUT2D eigenvalue weighted by Gasteiger charge is -2.23. The van der Waals surface area contributed by atoms with Gasteiger partial charge in [-0.1, -0.05) is 77.0 Å². The van der Waals surface area contributed by atoms with Gasteiger partial charge in [0.15, 0.2) is 0 Å². The molecule has 0 bridgehead atoms. The molecule has 5 nitrogen and oxygen atoms in total. The average Bonchev–Trinajstić information content (AvgIpc) is 3.20. The molecule has 6 heteroatoms. The van der Waals surface area contributed by atoms with E-state index in [4.69, 9.17) is 9.05 Å². The number of nitrogens with one attached hydrogen (secondary N) is 1. The molecule has 2 aromatic carbocycles. The van der Waals surface area contributed by atoms with Crippen molar-refractivity contribution in [2.75, 3.05) is 19.8 Å². The van der Waals surface area contributed by atoms with Gasteiger partial charge in [-0.2, -0.15) is 0 Å². The van der Waals surface area contributed by atoms with Crippen molar-refractivity contribution in [1.82, 2.24) is 5.32 Å². The van der Waals surface area contributed by atoms with Gasteiger partial charge in [0.2, 0.25) is 5.91 Å². The van der Waals surface area contributed by atoms with Gasteiger partial charge in [-0.3, -0.25) is 9.36 Å². The Morgan fingerprint density at radius 3 is 2.29 bits per heavy atom. The first-order chi connectivity index (χ1) is 17.0. The second kappa shape index (κ2) is 13.2. The summed E-state index contributed by atoms with van der Waals surface area (Å²) in [5.41, 5.74) is 4.45. The third kappa shape index (κ3) is 6.33. The third-order valence-corrected chi connectivity index (χ3v) is 8.18. The number of hydrogen-bond acceptors (Lipinski definition) is 4. The van der Waals surface area contributed by atoms with E-state index in [0.717, 1.165) is 66.3 Å². The van der Waals surface area contributed by atoms with E-state index in [1.165, 1.54) is 0 Å². The molecule has 1 amide bonds. The van der Waals surface area contributed by atoms with Crippen LogP contribution < -0.4 is 10.6 Å². The van der Waals surface area contributed by atoms with Crippen molar-refractivity contribution in [3.63, 3.8) is 0 Å². The van der Waals surface area contributed by atoms with Crippen molar-refractivity contribution in [3.8, 4) is 11.1 Å². The summed E-state index contributed by atoms with van der Waals surface area (Å²) >= 11 is 0. The highest BCUT2D eigenvalue weighted by Gasteiger charge is 2.40. The van der Waals surface area contributed by atoms with Crippen molar-refractivity contribution in [1.29, 1.82) is 0 Å².